The molecule has 0 saturated heterocycles. The van der Waals surface area contributed by atoms with Gasteiger partial charge in [0.1, 0.15) is 5.60 Å². The Morgan fingerprint density at radius 2 is 0.810 bits per heavy atom. The number of nitrogens with one attached hydrogen (secondary N) is 3. The monoisotopic (exact) mass is 1540 g/mol. The highest BCUT2D eigenvalue weighted by atomic mass is 32.1. The Balaban J connectivity index is 0.000000205. The minimum absolute atomic E-state index is 0. The molecular formula is C72H82N16O11S6. The zero-order valence-electron chi connectivity index (χ0n) is 58.2. The fourth-order valence-corrected chi connectivity index (χ4v) is 13.0. The summed E-state index contributed by atoms with van der Waals surface area (Å²) in [5.74, 6) is -2.11. The van der Waals surface area contributed by atoms with E-state index in [2.05, 4.69) is 73.5 Å². The highest BCUT2D eigenvalue weighted by Gasteiger charge is 2.18. The minimum Gasteiger partial charge on any atom is -0.478 e. The highest BCUT2D eigenvalue weighted by Crippen LogP contribution is 2.26. The van der Waals surface area contributed by atoms with Crippen molar-refractivity contribution in [1.82, 2.24) is 47.5 Å². The first kappa shape index (κ1) is 82.7. The summed E-state index contributed by atoms with van der Waals surface area (Å²) < 4.78 is 22.6. The number of nitrogens with two attached hydrogens (primary N) is 3. The van der Waals surface area contributed by atoms with Crippen LogP contribution in [0, 0.1) is 0 Å². The Labute approximate surface area is 629 Å². The van der Waals surface area contributed by atoms with Crippen LogP contribution in [0.25, 0.3) is 50.2 Å². The number of hydrogen-bond acceptors (Lipinski definition) is 25. The van der Waals surface area contributed by atoms with E-state index in [1.54, 1.807) is 130 Å². The summed E-state index contributed by atoms with van der Waals surface area (Å²) in [7, 11) is 0. The highest BCUT2D eigenvalue weighted by molar-refractivity contribution is 7.19. The molecule has 10 N–H and O–H groups in total. The molecule has 10 aromatic heterocycles. The standard InChI is InChI=1S/C21H24N4O3S.C16H16N4OS.C12H14N2O2S.C10H10N2O2S.C8H10N2O2S.C4H4N2OS.CH4/c1-5-14-12-25-13-15(29-19(25)22-14)10-11-18(26)23-16-8-6-7-9-17(16)24-20(27)28-21(2,3)4;1-2-11-9-20-10-12(22-16(20)18-11)7-8-15(21)19-14-6-4-3-5-13(14)17;1-3-9-7-14-8-10(17-12(14)13-9)5-6-11(15)16-4-2;1-2-7-5-12-6-8(3-4-9(13)14)15-10(12)11-7;1-2-12-7(11)4-3-6-5-10-8(9)13-6;5-4-6-1-3(2-7)8-4;/h6-13H,5H2,1-4H3,(H,23,26)(H,24,27);3-10H,2,17H2,1H3,(H,19,21);5-8H,3-4H2,1-2H3;3-6H,2H2,1H3,(H,13,14);3-5H,2H2,1H3,(H2,9,10);1-2H,(H2,5,6);1H4/b11-10+;8-7+;6-5+;2*4-3+;;. The number of esters is 2. The van der Waals surface area contributed by atoms with Crippen molar-refractivity contribution in [1.29, 1.82) is 0 Å². The van der Waals surface area contributed by atoms with Crippen LogP contribution in [0.1, 0.15) is 127 Å². The molecule has 0 aliphatic heterocycles. The van der Waals surface area contributed by atoms with Crippen LogP contribution in [-0.4, -0.2) is 114 Å². The molecule has 0 unspecified atom stereocenters. The molecule has 0 atom stereocenters. The predicted molar refractivity (Wildman–Crippen MR) is 425 cm³/mol. The smallest absolute Gasteiger partial charge is 0.412 e. The number of thiazole rings is 6. The number of ether oxygens (including phenoxy) is 3. The van der Waals surface area contributed by atoms with Crippen molar-refractivity contribution in [3.63, 3.8) is 0 Å². The molecule has 33 heteroatoms. The molecule has 10 heterocycles. The number of carbonyl (C=O) groups is 7. The lowest BCUT2D eigenvalue weighted by Crippen LogP contribution is -2.27. The van der Waals surface area contributed by atoms with E-state index in [4.69, 9.17) is 36.5 Å². The van der Waals surface area contributed by atoms with Crippen molar-refractivity contribution in [2.45, 2.75) is 101 Å². The molecule has 552 valence electrons. The van der Waals surface area contributed by atoms with Crippen LogP contribution in [0.2, 0.25) is 0 Å². The van der Waals surface area contributed by atoms with E-state index in [0.29, 0.717) is 51.1 Å². The van der Waals surface area contributed by atoms with Crippen LogP contribution in [0.4, 0.5) is 37.8 Å². The number of rotatable bonds is 20. The number of carboxylic acid groups (broad SMARTS) is 1. The van der Waals surface area contributed by atoms with Crippen LogP contribution in [-0.2, 0) is 63.9 Å². The number of aryl methyl sites for hydroxylation is 4. The van der Waals surface area contributed by atoms with E-state index >= 15 is 0 Å². The topological polar surface area (TPSA) is 377 Å². The zero-order valence-corrected chi connectivity index (χ0v) is 63.1. The molecule has 105 heavy (non-hydrogen) atoms. The van der Waals surface area contributed by atoms with Gasteiger partial charge < -0.3 is 47.2 Å². The van der Waals surface area contributed by atoms with Crippen LogP contribution < -0.4 is 33.2 Å². The van der Waals surface area contributed by atoms with Crippen molar-refractivity contribution < 1.29 is 52.9 Å². The van der Waals surface area contributed by atoms with Crippen LogP contribution in [0.15, 0.2) is 141 Å². The van der Waals surface area contributed by atoms with E-state index in [9.17, 15) is 33.6 Å². The van der Waals surface area contributed by atoms with Gasteiger partial charge in [0.05, 0.1) is 69.8 Å². The van der Waals surface area contributed by atoms with Gasteiger partial charge in [-0.15, -0.1) is 0 Å². The van der Waals surface area contributed by atoms with Gasteiger partial charge in [0.2, 0.25) is 11.8 Å². The Morgan fingerprint density at radius 3 is 1.13 bits per heavy atom. The average molecular weight is 1540 g/mol. The van der Waals surface area contributed by atoms with E-state index < -0.39 is 17.7 Å². The van der Waals surface area contributed by atoms with Crippen molar-refractivity contribution >= 4 is 193 Å². The number of anilines is 6. The first-order valence-corrected chi connectivity index (χ1v) is 37.0. The third kappa shape index (κ3) is 27.5. The van der Waals surface area contributed by atoms with Gasteiger partial charge in [0.15, 0.2) is 36.4 Å². The van der Waals surface area contributed by atoms with Gasteiger partial charge in [0, 0.05) is 111 Å². The number of carboxylic acids is 1. The fraction of sp³-hybridized carbons (Fsp3) is 0.236. The molecule has 0 bridgehead atoms. The largest absolute Gasteiger partial charge is 0.478 e. The van der Waals surface area contributed by atoms with Crippen molar-refractivity contribution in [2.75, 3.05) is 46.4 Å². The van der Waals surface area contributed by atoms with Gasteiger partial charge in [0.25, 0.3) is 0 Å². The fourth-order valence-electron chi connectivity index (χ4n) is 8.40. The molecule has 0 aliphatic carbocycles. The third-order valence-electron chi connectivity index (χ3n) is 13.1. The van der Waals surface area contributed by atoms with Crippen molar-refractivity contribution in [3.8, 4) is 0 Å². The van der Waals surface area contributed by atoms with E-state index in [1.807, 2.05) is 79.3 Å². The molecule has 0 fully saturated rings. The predicted octanol–water partition coefficient (Wildman–Crippen LogP) is 15.2. The summed E-state index contributed by atoms with van der Waals surface area (Å²) in [5.41, 5.74) is 22.1. The number of nitrogen functional groups attached to an aromatic ring is 3. The Bertz CT molecular complexity index is 4900. The Hall–Kier alpha value is -11.2. The number of amides is 3. The molecular weight excluding hydrogens is 1460 g/mol. The summed E-state index contributed by atoms with van der Waals surface area (Å²) in [6.07, 6.45) is 37.9. The van der Waals surface area contributed by atoms with Gasteiger partial charge in [-0.05, 0) is 115 Å². The molecule has 0 spiro atoms. The lowest BCUT2D eigenvalue weighted by molar-refractivity contribution is -0.138. The van der Waals surface area contributed by atoms with E-state index in [1.165, 1.54) is 75.8 Å². The number of hydrogen-bond donors (Lipinski definition) is 7. The molecule has 0 radical (unpaired) electrons. The van der Waals surface area contributed by atoms with E-state index in [-0.39, 0.29) is 31.2 Å². The average Bonchev–Trinajstić information content (AvgIpc) is 1.70. The van der Waals surface area contributed by atoms with Gasteiger partial charge in [-0.25, -0.2) is 49.1 Å². The quantitative estimate of drug-likeness (QED) is 0.0122. The first-order valence-electron chi connectivity index (χ1n) is 32.1. The molecule has 2 aromatic carbocycles. The Morgan fingerprint density at radius 1 is 0.467 bits per heavy atom. The number of benzene rings is 2. The summed E-state index contributed by atoms with van der Waals surface area (Å²) in [4.78, 5) is 113. The van der Waals surface area contributed by atoms with Crippen molar-refractivity contribution in [3.05, 3.63) is 193 Å². The normalized spacial score (nSPS) is 11.1. The maximum Gasteiger partial charge on any atom is 0.412 e. The Kier molecular flexibility index (Phi) is 32.4. The van der Waals surface area contributed by atoms with Gasteiger partial charge in [-0.2, -0.15) is 0 Å². The van der Waals surface area contributed by atoms with Gasteiger partial charge in [-0.1, -0.05) is 127 Å². The summed E-state index contributed by atoms with van der Waals surface area (Å²) in [6, 6.07) is 14.1. The second kappa shape index (κ2) is 41.2. The maximum atomic E-state index is 12.3. The second-order valence-electron chi connectivity index (χ2n) is 22.2. The van der Waals surface area contributed by atoms with Crippen LogP contribution in [0.3, 0.4) is 0 Å². The molecule has 12 aromatic rings. The van der Waals surface area contributed by atoms with Gasteiger partial charge in [-0.3, -0.25) is 37.3 Å². The molecule has 0 aliphatic rings. The number of aldehydes is 1. The van der Waals surface area contributed by atoms with Crippen LogP contribution >= 0.6 is 68.0 Å². The summed E-state index contributed by atoms with van der Waals surface area (Å²) in [6.45, 7) is 18.0. The van der Waals surface area contributed by atoms with Gasteiger partial charge >= 0.3 is 24.0 Å². The maximum absolute atomic E-state index is 12.3. The lowest BCUT2D eigenvalue weighted by atomic mass is 10.2. The summed E-state index contributed by atoms with van der Waals surface area (Å²) >= 11 is 8.59. The molecule has 0 saturated carbocycles. The SMILES string of the molecule is C.CCOC(=O)/C=C/c1cn2cc(CC)nc2s1.CCOC(=O)/C=C/c1cnc(N)s1.CCc1cn2cc(/C=C/C(=O)Nc3ccccc3N)sc2n1.CCc1cn2cc(/C=C/C(=O)Nc3ccccc3NC(=O)OC(C)(C)C)sc2n1.CCc1cn2cc(/C=C/C(=O)O)sc2n1.Nc1ncc(C=O)s1. The van der Waals surface area contributed by atoms with Crippen molar-refractivity contribution in [2.24, 2.45) is 0 Å². The zero-order chi connectivity index (χ0) is 75.3. The lowest BCUT2D eigenvalue weighted by Gasteiger charge is -2.20. The second-order valence-corrected chi connectivity index (χ2v) is 28.6. The number of fused-ring (bicyclic) bond motifs is 4. The number of imidazole rings is 4. The number of para-hydroxylation sites is 4. The summed E-state index contributed by atoms with van der Waals surface area (Å²) in [5, 5.41) is 17.6. The number of aromatic nitrogens is 10. The number of nitrogens with zero attached hydrogens (tertiary/aromatic N) is 10. The van der Waals surface area contributed by atoms with E-state index in [0.717, 1.165) is 105 Å². The number of carbonyl (C=O) groups excluding carboxylic acids is 6. The molecule has 27 nitrogen and oxygen atoms in total. The minimum atomic E-state index is -0.935. The third-order valence-corrected chi connectivity index (χ3v) is 18.5. The first-order chi connectivity index (χ1) is 49.8. The molecule has 12 rings (SSSR count). The molecule has 3 amide bonds. The van der Waals surface area contributed by atoms with Crippen LogP contribution in [0.5, 0.6) is 0 Å². The number of aliphatic carboxylic acids is 1.